The molecule has 0 unspecified atom stereocenters. The van der Waals surface area contributed by atoms with E-state index in [1.807, 2.05) is 42.2 Å². The van der Waals surface area contributed by atoms with Crippen LogP contribution in [-0.4, -0.2) is 34.8 Å². The quantitative estimate of drug-likeness (QED) is 0.635. The lowest BCUT2D eigenvalue weighted by molar-refractivity contribution is 0.0712. The van der Waals surface area contributed by atoms with Crippen LogP contribution in [0.4, 0.5) is 11.5 Å². The molecule has 166 valence electrons. The zero-order chi connectivity index (χ0) is 23.4. The topological polar surface area (TPSA) is 112 Å². The van der Waals surface area contributed by atoms with Crippen LogP contribution in [0.1, 0.15) is 56.2 Å². The van der Waals surface area contributed by atoms with Gasteiger partial charge in [0.15, 0.2) is 0 Å². The number of nitrogens with zero attached hydrogens (tertiary/aromatic N) is 3. The van der Waals surface area contributed by atoms with Crippen LogP contribution in [0.3, 0.4) is 0 Å². The van der Waals surface area contributed by atoms with Crippen molar-refractivity contribution in [2.24, 2.45) is 0 Å². The Morgan fingerprint density at radius 1 is 1.06 bits per heavy atom. The number of hydrogen-bond donors (Lipinski definition) is 2. The Hall–Kier alpha value is -4.18. The van der Waals surface area contributed by atoms with Gasteiger partial charge in [-0.25, -0.2) is 4.98 Å². The Kier molecular flexibility index (Phi) is 6.36. The first-order valence-electron chi connectivity index (χ1n) is 10.9. The van der Waals surface area contributed by atoms with Gasteiger partial charge in [-0.15, -0.1) is 0 Å². The van der Waals surface area contributed by atoms with E-state index in [0.717, 1.165) is 18.4 Å². The van der Waals surface area contributed by atoms with Crippen molar-refractivity contribution >= 4 is 23.3 Å². The molecule has 1 saturated heterocycles. The van der Waals surface area contributed by atoms with E-state index in [2.05, 4.69) is 16.4 Å². The lowest BCUT2D eigenvalue weighted by atomic mass is 9.89. The van der Waals surface area contributed by atoms with Crippen molar-refractivity contribution in [3.8, 4) is 6.07 Å². The molecule has 0 atom stereocenters. The van der Waals surface area contributed by atoms with Gasteiger partial charge in [0.25, 0.3) is 11.8 Å². The number of nitriles is 1. The van der Waals surface area contributed by atoms with E-state index in [1.165, 1.54) is 17.8 Å². The van der Waals surface area contributed by atoms with Gasteiger partial charge in [0, 0.05) is 36.1 Å². The summed E-state index contributed by atoms with van der Waals surface area (Å²) in [7, 11) is 0. The lowest BCUT2D eigenvalue weighted by Crippen LogP contribution is -2.38. The molecule has 2 heterocycles. The van der Waals surface area contributed by atoms with Gasteiger partial charge >= 0.3 is 0 Å². The molecule has 4 rings (SSSR count). The fourth-order valence-electron chi connectivity index (χ4n) is 4.10. The summed E-state index contributed by atoms with van der Waals surface area (Å²) in [6.07, 6.45) is 3.23. The van der Waals surface area contributed by atoms with E-state index in [9.17, 15) is 9.59 Å². The average Bonchev–Trinajstić information content (AvgIpc) is 2.85. The number of anilines is 2. The van der Waals surface area contributed by atoms with Crippen molar-refractivity contribution in [2.45, 2.75) is 25.7 Å². The molecule has 1 aliphatic rings. The van der Waals surface area contributed by atoms with E-state index < -0.39 is 0 Å². The molecule has 1 aliphatic heterocycles. The fraction of sp³-hybridized carbons (Fsp3) is 0.231. The van der Waals surface area contributed by atoms with Crippen LogP contribution in [0.5, 0.6) is 0 Å². The highest BCUT2D eigenvalue weighted by Crippen LogP contribution is 2.29. The fourth-order valence-corrected chi connectivity index (χ4v) is 4.10. The molecule has 2 aromatic carbocycles. The lowest BCUT2D eigenvalue weighted by Gasteiger charge is -2.32. The van der Waals surface area contributed by atoms with Gasteiger partial charge in [-0.3, -0.25) is 9.59 Å². The van der Waals surface area contributed by atoms with Crippen molar-refractivity contribution in [3.05, 3.63) is 88.6 Å². The zero-order valence-electron chi connectivity index (χ0n) is 18.4. The van der Waals surface area contributed by atoms with Crippen molar-refractivity contribution in [3.63, 3.8) is 0 Å². The second-order valence-electron chi connectivity index (χ2n) is 8.25. The number of nitrogen functional groups attached to an aromatic ring is 1. The smallest absolute Gasteiger partial charge is 0.255 e. The summed E-state index contributed by atoms with van der Waals surface area (Å²) in [5.74, 6) is 0.298. The third-order valence-electron chi connectivity index (χ3n) is 6.07. The van der Waals surface area contributed by atoms with Crippen LogP contribution in [0.2, 0.25) is 0 Å². The molecule has 2 amide bonds. The van der Waals surface area contributed by atoms with Crippen LogP contribution >= 0.6 is 0 Å². The summed E-state index contributed by atoms with van der Waals surface area (Å²) >= 11 is 0. The van der Waals surface area contributed by atoms with E-state index in [1.54, 1.807) is 18.2 Å². The number of carbonyl (C=O) groups excluding carboxylic acids is 2. The van der Waals surface area contributed by atoms with Crippen LogP contribution in [-0.2, 0) is 0 Å². The minimum Gasteiger partial charge on any atom is -0.384 e. The molecule has 3 N–H and O–H groups in total. The first-order valence-corrected chi connectivity index (χ1v) is 10.9. The summed E-state index contributed by atoms with van der Waals surface area (Å²) in [4.78, 5) is 31.5. The molecule has 0 spiro atoms. The number of likely N-dealkylation sites (tertiary alicyclic amines) is 1. The number of piperidine rings is 1. The predicted molar refractivity (Wildman–Crippen MR) is 127 cm³/mol. The average molecular weight is 440 g/mol. The standard InChI is InChI=1S/C26H25N5O2/c1-17-2-5-22(14-23(17)30-25(32)21-8-11-29-24(28)15-21)26(33)31-12-9-20(10-13-31)19-6-3-18(16-27)4-7-19/h2-8,11,14-15,20H,9-10,12-13H2,1H3,(H2,28,29)(H,30,32). The third kappa shape index (κ3) is 5.01. The van der Waals surface area contributed by atoms with Crippen molar-refractivity contribution in [1.82, 2.24) is 9.88 Å². The van der Waals surface area contributed by atoms with E-state index in [4.69, 9.17) is 11.0 Å². The number of carbonyl (C=O) groups is 2. The number of benzene rings is 2. The van der Waals surface area contributed by atoms with Crippen molar-refractivity contribution in [2.75, 3.05) is 24.1 Å². The summed E-state index contributed by atoms with van der Waals surface area (Å²) in [5, 5.41) is 11.8. The van der Waals surface area contributed by atoms with E-state index in [-0.39, 0.29) is 17.6 Å². The SMILES string of the molecule is Cc1ccc(C(=O)N2CCC(c3ccc(C#N)cc3)CC2)cc1NC(=O)c1ccnc(N)c1. The summed E-state index contributed by atoms with van der Waals surface area (Å²) in [6.45, 7) is 3.21. The minimum atomic E-state index is -0.306. The Bertz CT molecular complexity index is 1220. The second-order valence-corrected chi connectivity index (χ2v) is 8.25. The molecule has 7 nitrogen and oxygen atoms in total. The maximum absolute atomic E-state index is 13.1. The van der Waals surface area contributed by atoms with Crippen LogP contribution in [0, 0.1) is 18.3 Å². The maximum Gasteiger partial charge on any atom is 0.255 e. The van der Waals surface area contributed by atoms with Crippen molar-refractivity contribution in [1.29, 1.82) is 5.26 Å². The number of nitrogens with two attached hydrogens (primary N) is 1. The Labute approximate surface area is 192 Å². The number of nitrogens with one attached hydrogen (secondary N) is 1. The van der Waals surface area contributed by atoms with Crippen LogP contribution in [0.15, 0.2) is 60.8 Å². The third-order valence-corrected chi connectivity index (χ3v) is 6.07. The monoisotopic (exact) mass is 439 g/mol. The van der Waals surface area contributed by atoms with E-state index >= 15 is 0 Å². The number of aryl methyl sites for hydroxylation is 1. The van der Waals surface area contributed by atoms with Crippen molar-refractivity contribution < 1.29 is 9.59 Å². The largest absolute Gasteiger partial charge is 0.384 e. The highest BCUT2D eigenvalue weighted by molar-refractivity contribution is 6.05. The van der Waals surface area contributed by atoms with E-state index in [0.29, 0.717) is 41.4 Å². The molecule has 1 fully saturated rings. The summed E-state index contributed by atoms with van der Waals surface area (Å²) in [5.41, 5.74) is 9.94. The molecule has 0 aliphatic carbocycles. The molecule has 33 heavy (non-hydrogen) atoms. The number of amides is 2. The number of hydrogen-bond acceptors (Lipinski definition) is 5. The molecule has 1 aromatic heterocycles. The number of aromatic nitrogens is 1. The molecular weight excluding hydrogens is 414 g/mol. The Morgan fingerprint density at radius 2 is 1.79 bits per heavy atom. The highest BCUT2D eigenvalue weighted by Gasteiger charge is 2.25. The number of pyridine rings is 1. The minimum absolute atomic E-state index is 0.0445. The molecule has 7 heteroatoms. The molecule has 0 radical (unpaired) electrons. The van der Waals surface area contributed by atoms with Gasteiger partial charge in [-0.2, -0.15) is 5.26 Å². The van der Waals surface area contributed by atoms with Gasteiger partial charge in [-0.05, 0) is 73.2 Å². The van der Waals surface area contributed by atoms with Gasteiger partial charge in [0.2, 0.25) is 0 Å². The second kappa shape index (κ2) is 9.53. The Balaban J connectivity index is 1.42. The molecule has 3 aromatic rings. The molecule has 0 bridgehead atoms. The zero-order valence-corrected chi connectivity index (χ0v) is 18.4. The highest BCUT2D eigenvalue weighted by atomic mass is 16.2. The Morgan fingerprint density at radius 3 is 2.45 bits per heavy atom. The predicted octanol–water partition coefficient (Wildman–Crippen LogP) is 4.12. The van der Waals surface area contributed by atoms with Gasteiger partial charge in [-0.1, -0.05) is 18.2 Å². The first-order chi connectivity index (χ1) is 15.9. The van der Waals surface area contributed by atoms with Gasteiger partial charge < -0.3 is 16.0 Å². The summed E-state index contributed by atoms with van der Waals surface area (Å²) < 4.78 is 0. The van der Waals surface area contributed by atoms with Gasteiger partial charge in [0.1, 0.15) is 5.82 Å². The normalized spacial score (nSPS) is 13.9. The van der Waals surface area contributed by atoms with Gasteiger partial charge in [0.05, 0.1) is 11.6 Å². The van der Waals surface area contributed by atoms with Crippen LogP contribution < -0.4 is 11.1 Å². The maximum atomic E-state index is 13.1. The number of rotatable bonds is 4. The van der Waals surface area contributed by atoms with Crippen LogP contribution in [0.25, 0.3) is 0 Å². The summed E-state index contributed by atoms with van der Waals surface area (Å²) in [6, 6.07) is 18.3. The first kappa shape index (κ1) is 22.0. The molecule has 0 saturated carbocycles. The molecular formula is C26H25N5O2.